The summed E-state index contributed by atoms with van der Waals surface area (Å²) in [4.78, 5) is 14.2. The van der Waals surface area contributed by atoms with Crippen molar-refractivity contribution >= 4 is 18.3 Å². The molecule has 2 fully saturated rings. The number of aliphatic hydroxyl groups excluding tert-OH is 1. The molecule has 2 unspecified atom stereocenters. The quantitative estimate of drug-likeness (QED) is 0.800. The van der Waals surface area contributed by atoms with E-state index in [1.165, 1.54) is 0 Å². The largest absolute Gasteiger partial charge is 0.392 e. The molecule has 1 spiro atoms. The number of ether oxygens (including phenoxy) is 1. The summed E-state index contributed by atoms with van der Waals surface area (Å²) < 4.78 is 5.75. The Hall–Kier alpha value is -0.360. The Balaban J connectivity index is 0.00000242. The van der Waals surface area contributed by atoms with Crippen molar-refractivity contribution in [2.75, 3.05) is 19.7 Å². The molecule has 1 heterocycles. The number of rotatable bonds is 5. The second-order valence-electron chi connectivity index (χ2n) is 6.99. The van der Waals surface area contributed by atoms with Crippen LogP contribution < -0.4 is 5.73 Å². The van der Waals surface area contributed by atoms with E-state index in [1.807, 2.05) is 11.8 Å². The summed E-state index contributed by atoms with van der Waals surface area (Å²) in [5, 5.41) is 10.2. The first kappa shape index (κ1) is 19.7. The third-order valence-electron chi connectivity index (χ3n) is 5.16. The SMILES string of the molecule is CCOC1CC(O)C12CCN(C(=O)[C@@H](N)CC(C)C)CC2.Cl. The molecule has 1 saturated carbocycles. The molecule has 5 nitrogen and oxygen atoms in total. The van der Waals surface area contributed by atoms with Crippen molar-refractivity contribution in [3.63, 3.8) is 0 Å². The van der Waals surface area contributed by atoms with Crippen LogP contribution in [0.4, 0.5) is 0 Å². The van der Waals surface area contributed by atoms with Crippen molar-refractivity contribution in [1.29, 1.82) is 0 Å². The molecule has 22 heavy (non-hydrogen) atoms. The number of piperidine rings is 1. The van der Waals surface area contributed by atoms with Gasteiger partial charge in [-0.25, -0.2) is 0 Å². The van der Waals surface area contributed by atoms with Crippen LogP contribution in [0.15, 0.2) is 0 Å². The second-order valence-corrected chi connectivity index (χ2v) is 6.99. The Morgan fingerprint density at radius 1 is 1.41 bits per heavy atom. The number of hydrogen-bond acceptors (Lipinski definition) is 4. The molecular formula is C16H31ClN2O3. The van der Waals surface area contributed by atoms with Crippen LogP contribution in [0, 0.1) is 11.3 Å². The molecule has 0 aromatic carbocycles. The van der Waals surface area contributed by atoms with Gasteiger partial charge in [-0.1, -0.05) is 13.8 Å². The molecule has 0 radical (unpaired) electrons. The van der Waals surface area contributed by atoms with E-state index in [9.17, 15) is 9.90 Å². The standard InChI is InChI=1S/C16H30N2O3.ClH/c1-4-21-14-10-13(19)16(14)5-7-18(8-6-16)15(20)12(17)9-11(2)3;/h11-14,19H,4-10,17H2,1-3H3;1H/t12-,13?,14?;/m0./s1. The highest BCUT2D eigenvalue weighted by Gasteiger charge is 2.56. The Bertz CT molecular complexity index is 368. The molecule has 1 amide bonds. The molecule has 0 bridgehead atoms. The van der Waals surface area contributed by atoms with Gasteiger partial charge in [-0.15, -0.1) is 12.4 Å². The van der Waals surface area contributed by atoms with Gasteiger partial charge in [0.05, 0.1) is 18.2 Å². The lowest BCUT2D eigenvalue weighted by molar-refractivity contribution is -0.210. The van der Waals surface area contributed by atoms with E-state index < -0.39 is 6.04 Å². The minimum absolute atomic E-state index is 0. The highest BCUT2D eigenvalue weighted by Crippen LogP contribution is 2.50. The van der Waals surface area contributed by atoms with Gasteiger partial charge in [0.15, 0.2) is 0 Å². The van der Waals surface area contributed by atoms with E-state index in [4.69, 9.17) is 10.5 Å². The lowest BCUT2D eigenvalue weighted by Gasteiger charge is -2.56. The first-order valence-corrected chi connectivity index (χ1v) is 8.24. The van der Waals surface area contributed by atoms with Crippen molar-refractivity contribution in [1.82, 2.24) is 4.90 Å². The van der Waals surface area contributed by atoms with Crippen molar-refractivity contribution in [2.24, 2.45) is 17.1 Å². The maximum absolute atomic E-state index is 12.3. The van der Waals surface area contributed by atoms with Crippen LogP contribution in [-0.2, 0) is 9.53 Å². The van der Waals surface area contributed by atoms with E-state index in [0.717, 1.165) is 25.7 Å². The Morgan fingerprint density at radius 2 is 2.00 bits per heavy atom. The van der Waals surface area contributed by atoms with E-state index in [0.29, 0.717) is 25.6 Å². The smallest absolute Gasteiger partial charge is 0.239 e. The molecule has 2 aliphatic rings. The number of carbonyl (C=O) groups is 1. The predicted octanol–water partition coefficient (Wildman–Crippen LogP) is 1.56. The molecule has 6 heteroatoms. The van der Waals surface area contributed by atoms with Gasteiger partial charge >= 0.3 is 0 Å². The van der Waals surface area contributed by atoms with Gasteiger partial charge in [0.25, 0.3) is 0 Å². The summed E-state index contributed by atoms with van der Waals surface area (Å²) in [6.07, 6.45) is 2.96. The summed E-state index contributed by atoms with van der Waals surface area (Å²) in [7, 11) is 0. The van der Waals surface area contributed by atoms with Crippen LogP contribution in [0.5, 0.6) is 0 Å². The lowest BCUT2D eigenvalue weighted by atomic mass is 9.58. The first-order chi connectivity index (χ1) is 9.90. The van der Waals surface area contributed by atoms with E-state index >= 15 is 0 Å². The molecule has 1 aliphatic heterocycles. The normalized spacial score (nSPS) is 28.2. The number of amides is 1. The second kappa shape index (κ2) is 7.95. The molecular weight excluding hydrogens is 304 g/mol. The summed E-state index contributed by atoms with van der Waals surface area (Å²) in [5.74, 6) is 0.483. The molecule has 0 aromatic rings. The number of nitrogens with zero attached hydrogens (tertiary/aromatic N) is 1. The minimum atomic E-state index is -0.395. The van der Waals surface area contributed by atoms with Crippen molar-refractivity contribution in [3.8, 4) is 0 Å². The fourth-order valence-electron chi connectivity index (χ4n) is 3.80. The minimum Gasteiger partial charge on any atom is -0.392 e. The number of nitrogens with two attached hydrogens (primary N) is 1. The monoisotopic (exact) mass is 334 g/mol. The van der Waals surface area contributed by atoms with Crippen LogP contribution in [-0.4, -0.2) is 53.9 Å². The fraction of sp³-hybridized carbons (Fsp3) is 0.938. The van der Waals surface area contributed by atoms with Crippen LogP contribution in [0.2, 0.25) is 0 Å². The molecule has 3 N–H and O–H groups in total. The van der Waals surface area contributed by atoms with Crippen molar-refractivity contribution < 1.29 is 14.6 Å². The summed E-state index contributed by atoms with van der Waals surface area (Å²) in [5.41, 5.74) is 5.87. The maximum atomic E-state index is 12.3. The van der Waals surface area contributed by atoms with E-state index in [1.54, 1.807) is 0 Å². The third-order valence-corrected chi connectivity index (χ3v) is 5.16. The van der Waals surface area contributed by atoms with Gasteiger partial charge in [0, 0.05) is 31.5 Å². The maximum Gasteiger partial charge on any atom is 0.239 e. The molecule has 3 atom stereocenters. The molecule has 2 rings (SSSR count). The average Bonchev–Trinajstić information content (AvgIpc) is 2.45. The number of hydrogen-bond donors (Lipinski definition) is 2. The molecule has 130 valence electrons. The summed E-state index contributed by atoms with van der Waals surface area (Å²) >= 11 is 0. The van der Waals surface area contributed by atoms with Crippen LogP contribution in [0.3, 0.4) is 0 Å². The van der Waals surface area contributed by atoms with Crippen molar-refractivity contribution in [3.05, 3.63) is 0 Å². The van der Waals surface area contributed by atoms with E-state index in [2.05, 4.69) is 13.8 Å². The van der Waals surface area contributed by atoms with Crippen LogP contribution in [0.1, 0.15) is 46.5 Å². The number of halogens is 1. The number of carbonyl (C=O) groups excluding carboxylic acids is 1. The molecule has 1 saturated heterocycles. The fourth-order valence-corrected chi connectivity index (χ4v) is 3.80. The summed E-state index contributed by atoms with van der Waals surface area (Å²) in [6, 6.07) is -0.395. The average molecular weight is 335 g/mol. The lowest BCUT2D eigenvalue weighted by Crippen LogP contribution is -2.63. The Labute approximate surface area is 140 Å². The zero-order valence-corrected chi connectivity index (χ0v) is 14.8. The Morgan fingerprint density at radius 3 is 2.45 bits per heavy atom. The van der Waals surface area contributed by atoms with Gasteiger partial charge in [0.2, 0.25) is 5.91 Å². The van der Waals surface area contributed by atoms with E-state index in [-0.39, 0.29) is 35.9 Å². The summed E-state index contributed by atoms with van der Waals surface area (Å²) in [6.45, 7) is 8.20. The number of aliphatic hydroxyl groups is 1. The van der Waals surface area contributed by atoms with Gasteiger partial charge in [-0.3, -0.25) is 4.79 Å². The van der Waals surface area contributed by atoms with Gasteiger partial charge in [-0.2, -0.15) is 0 Å². The number of likely N-dealkylation sites (tertiary alicyclic amines) is 1. The van der Waals surface area contributed by atoms with Crippen LogP contribution >= 0.6 is 12.4 Å². The zero-order valence-electron chi connectivity index (χ0n) is 14.0. The molecule has 1 aliphatic carbocycles. The third kappa shape index (κ3) is 3.75. The van der Waals surface area contributed by atoms with Crippen molar-refractivity contribution in [2.45, 2.75) is 64.7 Å². The molecule has 0 aromatic heterocycles. The zero-order chi connectivity index (χ0) is 15.6. The van der Waals surface area contributed by atoms with Gasteiger partial charge in [0.1, 0.15) is 0 Å². The van der Waals surface area contributed by atoms with Gasteiger partial charge in [-0.05, 0) is 32.1 Å². The highest BCUT2D eigenvalue weighted by molar-refractivity contribution is 5.85. The predicted molar refractivity (Wildman–Crippen MR) is 89.0 cm³/mol. The Kier molecular flexibility index (Phi) is 7.12. The van der Waals surface area contributed by atoms with Gasteiger partial charge < -0.3 is 20.5 Å². The van der Waals surface area contributed by atoms with Crippen LogP contribution in [0.25, 0.3) is 0 Å². The first-order valence-electron chi connectivity index (χ1n) is 8.24. The highest BCUT2D eigenvalue weighted by atomic mass is 35.5. The topological polar surface area (TPSA) is 75.8 Å².